The molecule has 0 aliphatic heterocycles. The first-order valence-electron chi connectivity index (χ1n) is 19.4. The second kappa shape index (κ2) is 32.0. The highest BCUT2D eigenvalue weighted by Crippen LogP contribution is 2.13. The minimum absolute atomic E-state index is 0.0567. The van der Waals surface area contributed by atoms with Crippen LogP contribution in [0.15, 0.2) is 24.3 Å². The molecule has 0 aromatic rings. The first-order chi connectivity index (χ1) is 23.1. The van der Waals surface area contributed by atoms with Gasteiger partial charge in [-0.15, -0.1) is 0 Å². The minimum Gasteiger partial charge on any atom is -0.477 e. The number of allylic oxidation sites excluding steroid dienone is 4. The van der Waals surface area contributed by atoms with Crippen LogP contribution in [0.3, 0.4) is 0 Å². The predicted octanol–water partition coefficient (Wildman–Crippen LogP) is 9.74. The SMILES string of the molecule is CCCCC/C=C/CCCCCCCC(=O)OCC(COCCC(C(=O)O)[N+](C)(C)C)OC(=O)CCCCCCC/C=C/CCCCC. The molecule has 0 radical (unpaired) electrons. The Morgan fingerprint density at radius 1 is 0.604 bits per heavy atom. The topological polar surface area (TPSA) is 99.1 Å². The lowest BCUT2D eigenvalue weighted by Gasteiger charge is -2.31. The van der Waals surface area contributed by atoms with Crippen LogP contribution in [0.2, 0.25) is 0 Å². The van der Waals surface area contributed by atoms with E-state index in [0.717, 1.165) is 64.2 Å². The van der Waals surface area contributed by atoms with Gasteiger partial charge in [0, 0.05) is 19.3 Å². The van der Waals surface area contributed by atoms with E-state index in [0.29, 0.717) is 19.3 Å². The zero-order valence-electron chi connectivity index (χ0n) is 31.7. The van der Waals surface area contributed by atoms with E-state index in [-0.39, 0.29) is 36.2 Å². The number of carboxylic acids is 1. The molecule has 8 heteroatoms. The summed E-state index contributed by atoms with van der Waals surface area (Å²) in [5, 5.41) is 9.57. The van der Waals surface area contributed by atoms with Crippen LogP contribution in [0.25, 0.3) is 0 Å². The third-order valence-corrected chi connectivity index (χ3v) is 8.57. The molecule has 0 heterocycles. The van der Waals surface area contributed by atoms with Crippen LogP contribution in [-0.4, -0.2) is 80.6 Å². The highest BCUT2D eigenvalue weighted by molar-refractivity contribution is 5.72. The van der Waals surface area contributed by atoms with Gasteiger partial charge in [-0.2, -0.15) is 0 Å². The van der Waals surface area contributed by atoms with Crippen LogP contribution in [0.4, 0.5) is 0 Å². The minimum atomic E-state index is -0.878. The predicted molar refractivity (Wildman–Crippen MR) is 197 cm³/mol. The molecule has 2 unspecified atom stereocenters. The molecule has 0 bridgehead atoms. The van der Waals surface area contributed by atoms with Crippen molar-refractivity contribution >= 4 is 17.9 Å². The van der Waals surface area contributed by atoms with Gasteiger partial charge in [0.15, 0.2) is 12.1 Å². The van der Waals surface area contributed by atoms with E-state index < -0.39 is 18.1 Å². The van der Waals surface area contributed by atoms with E-state index in [2.05, 4.69) is 38.2 Å². The maximum Gasteiger partial charge on any atom is 0.362 e. The number of esters is 2. The van der Waals surface area contributed by atoms with E-state index >= 15 is 0 Å². The summed E-state index contributed by atoms with van der Waals surface area (Å²) in [4.78, 5) is 36.7. The number of likely N-dealkylation sites (N-methyl/N-ethyl adjacent to an activating group) is 1. The number of carbonyl (C=O) groups excluding carboxylic acids is 2. The average Bonchev–Trinajstić information content (AvgIpc) is 3.03. The van der Waals surface area contributed by atoms with E-state index in [4.69, 9.17) is 14.2 Å². The Bertz CT molecular complexity index is 849. The number of aliphatic carboxylic acids is 1. The van der Waals surface area contributed by atoms with Crippen molar-refractivity contribution in [1.29, 1.82) is 0 Å². The highest BCUT2D eigenvalue weighted by Gasteiger charge is 2.31. The molecular weight excluding hydrogens is 606 g/mol. The molecule has 0 rings (SSSR count). The zero-order chi connectivity index (χ0) is 35.7. The molecular formula is C40H74NO7+. The van der Waals surface area contributed by atoms with Gasteiger partial charge in [0.1, 0.15) is 6.61 Å². The van der Waals surface area contributed by atoms with Crippen molar-refractivity contribution in [2.45, 2.75) is 174 Å². The first-order valence-corrected chi connectivity index (χ1v) is 19.4. The first kappa shape index (κ1) is 45.8. The van der Waals surface area contributed by atoms with Crippen molar-refractivity contribution in [1.82, 2.24) is 0 Å². The van der Waals surface area contributed by atoms with Crippen LogP contribution in [0.5, 0.6) is 0 Å². The fourth-order valence-electron chi connectivity index (χ4n) is 5.49. The van der Waals surface area contributed by atoms with Crippen molar-refractivity contribution in [3.8, 4) is 0 Å². The van der Waals surface area contributed by atoms with Gasteiger partial charge in [-0.25, -0.2) is 4.79 Å². The molecule has 280 valence electrons. The lowest BCUT2D eigenvalue weighted by molar-refractivity contribution is -0.887. The van der Waals surface area contributed by atoms with E-state index in [1.165, 1.54) is 64.2 Å². The standard InChI is InChI=1S/C40H73NO7/c1-6-8-10-12-14-16-18-20-22-24-26-28-30-38(42)47-35-36(34-46-33-32-37(40(44)45)41(3,4)5)48-39(43)31-29-27-25-23-21-19-17-15-13-11-9-7-2/h14-17,36-37H,6-13,18-35H2,1-5H3/p+1/b16-14+,17-15+. The molecule has 0 aromatic carbocycles. The van der Waals surface area contributed by atoms with Gasteiger partial charge >= 0.3 is 17.9 Å². The summed E-state index contributed by atoms with van der Waals surface area (Å²) in [6.07, 6.45) is 32.1. The largest absolute Gasteiger partial charge is 0.477 e. The molecule has 0 aromatic heterocycles. The molecule has 2 atom stereocenters. The van der Waals surface area contributed by atoms with Crippen molar-refractivity contribution in [2.24, 2.45) is 0 Å². The molecule has 0 saturated carbocycles. The summed E-state index contributed by atoms with van der Waals surface area (Å²) in [6, 6.07) is -0.613. The van der Waals surface area contributed by atoms with E-state index in [1.54, 1.807) is 0 Å². The van der Waals surface area contributed by atoms with E-state index in [9.17, 15) is 19.5 Å². The fourth-order valence-corrected chi connectivity index (χ4v) is 5.49. The summed E-state index contributed by atoms with van der Waals surface area (Å²) in [5.41, 5.74) is 0. The summed E-state index contributed by atoms with van der Waals surface area (Å²) in [5.74, 6) is -1.49. The summed E-state index contributed by atoms with van der Waals surface area (Å²) in [7, 11) is 5.51. The molecule has 0 aliphatic carbocycles. The van der Waals surface area contributed by atoms with Gasteiger partial charge in [-0.05, 0) is 64.2 Å². The van der Waals surface area contributed by atoms with Crippen molar-refractivity contribution < 1.29 is 38.2 Å². The van der Waals surface area contributed by atoms with Gasteiger partial charge in [-0.1, -0.05) is 102 Å². The van der Waals surface area contributed by atoms with Crippen molar-refractivity contribution in [3.05, 3.63) is 24.3 Å². The van der Waals surface area contributed by atoms with Gasteiger partial charge < -0.3 is 23.8 Å². The summed E-state index contributed by atoms with van der Waals surface area (Å²) >= 11 is 0. The molecule has 0 saturated heterocycles. The third kappa shape index (κ3) is 29.9. The van der Waals surface area contributed by atoms with Crippen molar-refractivity contribution in [3.63, 3.8) is 0 Å². The lowest BCUT2D eigenvalue weighted by atomic mass is 10.1. The number of carboxylic acid groups (broad SMARTS) is 1. The maximum absolute atomic E-state index is 12.6. The van der Waals surface area contributed by atoms with Crippen LogP contribution >= 0.6 is 0 Å². The number of carbonyl (C=O) groups is 3. The second-order valence-corrected chi connectivity index (χ2v) is 14.2. The molecule has 8 nitrogen and oxygen atoms in total. The number of hydrogen-bond donors (Lipinski definition) is 1. The molecule has 0 fully saturated rings. The lowest BCUT2D eigenvalue weighted by Crippen LogP contribution is -2.50. The van der Waals surface area contributed by atoms with Crippen LogP contribution < -0.4 is 0 Å². The van der Waals surface area contributed by atoms with E-state index in [1.807, 2.05) is 21.1 Å². The normalized spacial score (nSPS) is 13.3. The van der Waals surface area contributed by atoms with Crippen LogP contribution in [0, 0.1) is 0 Å². The van der Waals surface area contributed by atoms with Crippen molar-refractivity contribution in [2.75, 3.05) is 41.0 Å². The van der Waals surface area contributed by atoms with Gasteiger partial charge in [0.05, 0.1) is 34.4 Å². The van der Waals surface area contributed by atoms with Crippen LogP contribution in [-0.2, 0) is 28.6 Å². The quantitative estimate of drug-likeness (QED) is 0.0313. The molecule has 0 spiro atoms. The maximum atomic E-state index is 12.6. The smallest absolute Gasteiger partial charge is 0.362 e. The Kier molecular flexibility index (Phi) is 30.6. The van der Waals surface area contributed by atoms with Gasteiger partial charge in [0.25, 0.3) is 0 Å². The number of quaternary nitrogens is 1. The second-order valence-electron chi connectivity index (χ2n) is 14.2. The van der Waals surface area contributed by atoms with Crippen LogP contribution in [0.1, 0.15) is 162 Å². The number of unbranched alkanes of at least 4 members (excludes halogenated alkanes) is 16. The molecule has 0 aliphatic rings. The Balaban J connectivity index is 4.45. The number of nitrogens with zero attached hydrogens (tertiary/aromatic N) is 1. The Labute approximate surface area is 294 Å². The molecule has 1 N–H and O–H groups in total. The van der Waals surface area contributed by atoms with Gasteiger partial charge in [-0.3, -0.25) is 9.59 Å². The highest BCUT2D eigenvalue weighted by atomic mass is 16.6. The number of rotatable bonds is 34. The summed E-state index contributed by atoms with van der Waals surface area (Å²) < 4.78 is 17.2. The molecule has 48 heavy (non-hydrogen) atoms. The monoisotopic (exact) mass is 681 g/mol. The Hall–Kier alpha value is -2.19. The summed E-state index contributed by atoms with van der Waals surface area (Å²) in [6.45, 7) is 4.66. The number of hydrogen-bond acceptors (Lipinski definition) is 6. The average molecular weight is 681 g/mol. The fraction of sp³-hybridized carbons (Fsp3) is 0.825. The number of ether oxygens (including phenoxy) is 3. The third-order valence-electron chi connectivity index (χ3n) is 8.57. The molecule has 0 amide bonds. The zero-order valence-corrected chi connectivity index (χ0v) is 31.7. The Morgan fingerprint density at radius 2 is 1.04 bits per heavy atom. The Morgan fingerprint density at radius 3 is 1.50 bits per heavy atom. The van der Waals surface area contributed by atoms with Gasteiger partial charge in [0.2, 0.25) is 0 Å².